The molecule has 0 nitrogen and oxygen atoms in total. The largest absolute Gasteiger partial charge is 1.00 e. The molecule has 0 aromatic heterocycles. The zero-order valence-corrected chi connectivity index (χ0v) is 42.1. The van der Waals surface area contributed by atoms with E-state index in [0.717, 1.165) is 35.1 Å². The van der Waals surface area contributed by atoms with Crippen molar-refractivity contribution in [3.8, 4) is 0 Å². The van der Waals surface area contributed by atoms with E-state index < -0.39 is 21.3 Å². The maximum Gasteiger partial charge on any atom is -1.00 e. The van der Waals surface area contributed by atoms with Crippen LogP contribution in [0.1, 0.15) is 113 Å². The minimum atomic E-state index is -3.28. The fourth-order valence-electron chi connectivity index (χ4n) is 12.4. The van der Waals surface area contributed by atoms with Crippen molar-refractivity contribution in [1.29, 1.82) is 0 Å². The van der Waals surface area contributed by atoms with E-state index >= 15 is 0 Å². The standard InChI is InChI=1S/C29H37.C17H14Cl4.C5H5.2ClH.Zr/c1-18-25-22-17-19-13-9-10-14-20(19)24(22)21-15-11-12-16-23(21)29(25,8)28(6,7)27(4,5)26(18,2)3;18-8-14-2-12(3-15(6-14)9-19)1-13-4-16(10-20)7-17(5-13)11-21;1-2-4-5-3-1;;;/h9-11,13-15,23H,12,16-17H2,1-8H3;2-7H,8-11H2;1-5H;2*1H;/q;;;;;+2/p-2. The molecule has 3 atom stereocenters. The summed E-state index contributed by atoms with van der Waals surface area (Å²) in [6.07, 6.45) is 18.0. The summed E-state index contributed by atoms with van der Waals surface area (Å²) in [5, 5.41) is 0. The minimum absolute atomic E-state index is 0. The van der Waals surface area contributed by atoms with Gasteiger partial charge >= 0.3 is 367 Å². The van der Waals surface area contributed by atoms with Crippen LogP contribution in [0.25, 0.3) is 5.57 Å². The molecule has 0 bridgehead atoms. The summed E-state index contributed by atoms with van der Waals surface area (Å²) in [6, 6.07) is 23.2. The molecule has 5 aliphatic carbocycles. The summed E-state index contributed by atoms with van der Waals surface area (Å²) in [5.41, 5.74) is 16.1. The van der Waals surface area contributed by atoms with Gasteiger partial charge in [0.1, 0.15) is 0 Å². The molecular formula is C51H56Cl6Zr. The topological polar surface area (TPSA) is 0 Å². The Kier molecular flexibility index (Phi) is 13.5. The second kappa shape index (κ2) is 16.9. The summed E-state index contributed by atoms with van der Waals surface area (Å²) in [4.78, 5) is 0. The number of alkyl halides is 4. The summed E-state index contributed by atoms with van der Waals surface area (Å²) in [7, 11) is 0. The summed E-state index contributed by atoms with van der Waals surface area (Å²) in [5.74, 6) is 2.16. The molecule has 0 heterocycles. The Bertz CT molecular complexity index is 2200. The van der Waals surface area contributed by atoms with Crippen molar-refractivity contribution in [2.24, 2.45) is 27.6 Å². The molecule has 58 heavy (non-hydrogen) atoms. The smallest absolute Gasteiger partial charge is 1.00 e. The number of benzene rings is 3. The number of allylic oxidation sites excluding steroid dienone is 10. The molecule has 0 N–H and O–H groups in total. The molecule has 7 heteroatoms. The van der Waals surface area contributed by atoms with E-state index in [0.29, 0.717) is 33.1 Å². The molecule has 1 fully saturated rings. The third-order valence-electron chi connectivity index (χ3n) is 16.4. The molecule has 3 unspecified atom stereocenters. The predicted octanol–water partition coefficient (Wildman–Crippen LogP) is 9.31. The molecular weight excluding hydrogens is 917 g/mol. The van der Waals surface area contributed by atoms with Crippen molar-refractivity contribution >= 4 is 55.2 Å². The summed E-state index contributed by atoms with van der Waals surface area (Å²) >= 11 is 23.7. The van der Waals surface area contributed by atoms with Crippen LogP contribution in [-0.4, -0.2) is 3.21 Å². The maximum absolute atomic E-state index is 6.74. The quantitative estimate of drug-likeness (QED) is 0.198. The van der Waals surface area contributed by atoms with Gasteiger partial charge in [-0.05, 0) is 0 Å². The van der Waals surface area contributed by atoms with Gasteiger partial charge in [-0.3, -0.25) is 0 Å². The van der Waals surface area contributed by atoms with E-state index in [1.54, 1.807) is 16.7 Å². The van der Waals surface area contributed by atoms with E-state index in [9.17, 15) is 0 Å². The zero-order valence-electron chi connectivity index (χ0n) is 35.1. The van der Waals surface area contributed by atoms with Gasteiger partial charge in [-0.1, -0.05) is 0 Å². The van der Waals surface area contributed by atoms with Crippen molar-refractivity contribution in [3.05, 3.63) is 158 Å². The first kappa shape index (κ1) is 46.4. The monoisotopic (exact) mass is 968 g/mol. The Balaban J connectivity index is 0.00000283. The van der Waals surface area contributed by atoms with Crippen LogP contribution in [0.15, 0.2) is 114 Å². The third-order valence-corrected chi connectivity index (χ3v) is 27.8. The van der Waals surface area contributed by atoms with Crippen molar-refractivity contribution in [2.75, 3.05) is 0 Å². The molecule has 0 amide bonds. The molecule has 8 rings (SSSR count). The number of hydrogen-bond acceptors (Lipinski definition) is 0. The Labute approximate surface area is 388 Å². The second-order valence-corrected chi connectivity index (χ2v) is 27.4. The fraction of sp³-hybridized carbons (Fsp3) is 0.431. The van der Waals surface area contributed by atoms with Crippen LogP contribution in [-0.2, 0) is 51.2 Å². The van der Waals surface area contributed by atoms with Crippen molar-refractivity contribution in [2.45, 2.75) is 105 Å². The van der Waals surface area contributed by atoms with Gasteiger partial charge in [0.15, 0.2) is 0 Å². The Morgan fingerprint density at radius 2 is 1.19 bits per heavy atom. The van der Waals surface area contributed by atoms with E-state index in [1.165, 1.54) is 37.5 Å². The van der Waals surface area contributed by atoms with Gasteiger partial charge in [0, 0.05) is 0 Å². The average Bonchev–Trinajstić information content (AvgIpc) is 3.87. The zero-order chi connectivity index (χ0) is 40.0. The Morgan fingerprint density at radius 1 is 0.672 bits per heavy atom. The molecule has 1 saturated carbocycles. The van der Waals surface area contributed by atoms with Crippen LogP contribution < -0.4 is 24.8 Å². The fourth-order valence-corrected chi connectivity index (χ4v) is 24.5. The Hall–Kier alpha value is -1.15. The molecule has 0 aliphatic heterocycles. The van der Waals surface area contributed by atoms with Crippen molar-refractivity contribution < 1.29 is 46.1 Å². The number of fused-ring (bicyclic) bond motifs is 6. The van der Waals surface area contributed by atoms with Crippen LogP contribution in [0.4, 0.5) is 0 Å². The number of rotatable bonds is 8. The normalized spacial score (nSPS) is 25.5. The van der Waals surface area contributed by atoms with Gasteiger partial charge in [0.05, 0.1) is 0 Å². The third kappa shape index (κ3) is 6.55. The predicted molar refractivity (Wildman–Crippen MR) is 240 cm³/mol. The second-order valence-electron chi connectivity index (χ2n) is 18.9. The van der Waals surface area contributed by atoms with Gasteiger partial charge in [-0.2, -0.15) is 0 Å². The first-order valence-electron chi connectivity index (χ1n) is 20.5. The van der Waals surface area contributed by atoms with Gasteiger partial charge in [-0.25, -0.2) is 0 Å². The van der Waals surface area contributed by atoms with Crippen molar-refractivity contribution in [1.82, 2.24) is 0 Å². The first-order valence-corrected chi connectivity index (χ1v) is 26.5. The maximum atomic E-state index is 6.74. The Morgan fingerprint density at radius 3 is 1.71 bits per heavy atom. The van der Waals surface area contributed by atoms with Crippen LogP contribution >= 0.6 is 46.4 Å². The summed E-state index contributed by atoms with van der Waals surface area (Å²) in [6.45, 7) is 21.3. The van der Waals surface area contributed by atoms with E-state index in [-0.39, 0.29) is 49.6 Å². The van der Waals surface area contributed by atoms with Crippen LogP contribution in [0.2, 0.25) is 6.75 Å². The van der Waals surface area contributed by atoms with E-state index in [2.05, 4.69) is 153 Å². The molecule has 0 saturated heterocycles. The molecule has 306 valence electrons. The molecule has 5 aliphatic rings. The minimum Gasteiger partial charge on any atom is -1.00 e. The van der Waals surface area contributed by atoms with E-state index in [4.69, 9.17) is 46.4 Å². The van der Waals surface area contributed by atoms with Crippen LogP contribution in [0.3, 0.4) is 0 Å². The van der Waals surface area contributed by atoms with E-state index in [1.807, 2.05) is 0 Å². The van der Waals surface area contributed by atoms with Crippen molar-refractivity contribution in [3.63, 3.8) is 0 Å². The number of halogens is 6. The average molecular weight is 973 g/mol. The van der Waals surface area contributed by atoms with Gasteiger partial charge in [-0.15, -0.1) is 0 Å². The van der Waals surface area contributed by atoms with Gasteiger partial charge < -0.3 is 24.8 Å². The molecule has 3 aromatic carbocycles. The molecule has 0 spiro atoms. The van der Waals surface area contributed by atoms with Gasteiger partial charge in [0.25, 0.3) is 0 Å². The molecule has 0 radical (unpaired) electrons. The number of hydrogen-bond donors (Lipinski definition) is 0. The SMILES string of the molecule is CC12C(=C3Cc4ccccc4C3=C3C=CCCC31)[C](C)([Zr+2](=[C](c1cc(CCl)cc(CCl)c1)c1cc(CCl)cc(CCl)c1)[CH]1C=CC=C1)C(C)(C)C(C)(C)C2(C)C.[Cl-].[Cl-]. The van der Waals surface area contributed by atoms with Crippen LogP contribution in [0, 0.1) is 27.6 Å². The van der Waals surface area contributed by atoms with Crippen LogP contribution in [0.5, 0.6) is 0 Å². The molecule has 3 aromatic rings. The first-order chi connectivity index (χ1) is 26.6. The van der Waals surface area contributed by atoms with Gasteiger partial charge in [0.2, 0.25) is 0 Å². The summed E-state index contributed by atoms with van der Waals surface area (Å²) < 4.78 is 1.68.